The molecule has 0 aliphatic rings. The van der Waals surface area contributed by atoms with Crippen LogP contribution < -0.4 is 0 Å². The Hall–Kier alpha value is -8.21. The molecular weight excluding hydrogens is 741 g/mol. The zero-order valence-corrected chi connectivity index (χ0v) is 33.1. The van der Waals surface area contributed by atoms with Crippen molar-refractivity contribution in [2.45, 2.75) is 0 Å². The molecule has 0 N–H and O–H groups in total. The van der Waals surface area contributed by atoms with Gasteiger partial charge in [-0.2, -0.15) is 0 Å². The van der Waals surface area contributed by atoms with Crippen molar-refractivity contribution in [1.82, 2.24) is 19.5 Å². The summed E-state index contributed by atoms with van der Waals surface area (Å²) >= 11 is 0. The Kier molecular flexibility index (Phi) is 8.13. The Morgan fingerprint density at radius 1 is 0.328 bits per heavy atom. The highest BCUT2D eigenvalue weighted by molar-refractivity contribution is 6.31. The number of para-hydroxylation sites is 1. The van der Waals surface area contributed by atoms with Crippen LogP contribution in [0.4, 0.5) is 0 Å². The number of hydrogen-bond acceptors (Lipinski definition) is 3. The maximum atomic E-state index is 5.39. The Morgan fingerprint density at radius 3 is 1.28 bits per heavy atom. The average Bonchev–Trinajstić information content (AvgIpc) is 3.68. The van der Waals surface area contributed by atoms with Gasteiger partial charge in [-0.05, 0) is 74.1 Å². The van der Waals surface area contributed by atoms with Crippen LogP contribution in [0.2, 0.25) is 0 Å². The summed E-state index contributed by atoms with van der Waals surface area (Å²) < 4.78 is 2.37. The minimum Gasteiger partial charge on any atom is -0.294 e. The van der Waals surface area contributed by atoms with Crippen molar-refractivity contribution < 1.29 is 0 Å². The molecule has 0 aliphatic heterocycles. The number of hydrogen-bond donors (Lipinski definition) is 0. The van der Waals surface area contributed by atoms with E-state index in [1.807, 2.05) is 30.5 Å². The molecule has 4 heteroatoms. The predicted octanol–water partition coefficient (Wildman–Crippen LogP) is 14.8. The van der Waals surface area contributed by atoms with Gasteiger partial charge in [0, 0.05) is 39.2 Å². The van der Waals surface area contributed by atoms with Crippen LogP contribution in [0.3, 0.4) is 0 Å². The smallest absolute Gasteiger partial charge is 0.137 e. The quantitative estimate of drug-likeness (QED) is 0.169. The van der Waals surface area contributed by atoms with Crippen molar-refractivity contribution in [1.29, 1.82) is 0 Å². The molecule has 12 rings (SSSR count). The molecule has 0 amide bonds. The maximum Gasteiger partial charge on any atom is 0.137 e. The first kappa shape index (κ1) is 34.8. The van der Waals surface area contributed by atoms with Gasteiger partial charge in [-0.15, -0.1) is 0 Å². The van der Waals surface area contributed by atoms with E-state index in [4.69, 9.17) is 15.0 Å². The highest BCUT2D eigenvalue weighted by Gasteiger charge is 2.23. The summed E-state index contributed by atoms with van der Waals surface area (Å²) in [5, 5.41) is 7.33. The van der Waals surface area contributed by atoms with E-state index in [-0.39, 0.29) is 0 Å². The molecule has 0 bridgehead atoms. The summed E-state index contributed by atoms with van der Waals surface area (Å²) in [7, 11) is 0. The fourth-order valence-electron chi connectivity index (χ4n) is 9.27. The van der Waals surface area contributed by atoms with Crippen LogP contribution in [0.15, 0.2) is 219 Å². The second-order valence-electron chi connectivity index (χ2n) is 15.5. The minimum absolute atomic E-state index is 0.836. The summed E-state index contributed by atoms with van der Waals surface area (Å²) in [5.41, 5.74) is 14.4. The van der Waals surface area contributed by atoms with E-state index in [1.54, 1.807) is 0 Å². The number of rotatable bonds is 6. The third-order valence-corrected chi connectivity index (χ3v) is 12.0. The second-order valence-corrected chi connectivity index (χ2v) is 15.5. The lowest BCUT2D eigenvalue weighted by atomic mass is 9.92. The van der Waals surface area contributed by atoms with E-state index in [0.717, 1.165) is 61.5 Å². The maximum absolute atomic E-state index is 5.39. The van der Waals surface area contributed by atoms with Gasteiger partial charge in [0.15, 0.2) is 0 Å². The molecule has 0 fully saturated rings. The Bertz CT molecular complexity index is 3460. The first-order chi connectivity index (χ1) is 30.3. The van der Waals surface area contributed by atoms with Gasteiger partial charge in [0.2, 0.25) is 0 Å². The van der Waals surface area contributed by atoms with Gasteiger partial charge in [0.05, 0.1) is 33.5 Å². The molecular formula is C57H36N4. The summed E-state index contributed by atoms with van der Waals surface area (Å²) in [6.07, 6.45) is 2.00. The molecule has 284 valence electrons. The van der Waals surface area contributed by atoms with Crippen LogP contribution in [-0.2, 0) is 0 Å². The van der Waals surface area contributed by atoms with Gasteiger partial charge >= 0.3 is 0 Å². The summed E-state index contributed by atoms with van der Waals surface area (Å²) in [5.74, 6) is 0.843. The van der Waals surface area contributed by atoms with E-state index in [2.05, 4.69) is 193 Å². The molecule has 3 heterocycles. The van der Waals surface area contributed by atoms with Crippen LogP contribution in [0.25, 0.3) is 116 Å². The van der Waals surface area contributed by atoms with Gasteiger partial charge in [-0.25, -0.2) is 15.0 Å². The molecule has 9 aromatic carbocycles. The molecule has 0 saturated heterocycles. The van der Waals surface area contributed by atoms with Crippen LogP contribution in [-0.4, -0.2) is 19.5 Å². The number of aromatic nitrogens is 4. The van der Waals surface area contributed by atoms with Crippen molar-refractivity contribution in [3.05, 3.63) is 219 Å². The molecule has 0 saturated carbocycles. The summed E-state index contributed by atoms with van der Waals surface area (Å²) in [4.78, 5) is 16.0. The van der Waals surface area contributed by atoms with Crippen LogP contribution in [0, 0.1) is 0 Å². The lowest BCUT2D eigenvalue weighted by Crippen LogP contribution is -1.99. The van der Waals surface area contributed by atoms with Gasteiger partial charge < -0.3 is 0 Å². The Labute approximate surface area is 352 Å². The molecule has 12 aromatic rings. The largest absolute Gasteiger partial charge is 0.294 e. The predicted molar refractivity (Wildman–Crippen MR) is 254 cm³/mol. The molecule has 0 unspecified atom stereocenters. The zero-order chi connectivity index (χ0) is 40.3. The Balaban J connectivity index is 1.12. The first-order valence-electron chi connectivity index (χ1n) is 20.7. The fraction of sp³-hybridized carbons (Fsp3) is 0. The highest BCUT2D eigenvalue weighted by Crippen LogP contribution is 2.46. The topological polar surface area (TPSA) is 43.6 Å². The molecule has 3 aromatic heterocycles. The lowest BCUT2D eigenvalue weighted by Gasteiger charge is -2.14. The van der Waals surface area contributed by atoms with Gasteiger partial charge in [-0.3, -0.25) is 4.57 Å². The van der Waals surface area contributed by atoms with Crippen molar-refractivity contribution in [2.75, 3.05) is 0 Å². The third kappa shape index (κ3) is 5.72. The highest BCUT2D eigenvalue weighted by atomic mass is 15.1. The summed E-state index contributed by atoms with van der Waals surface area (Å²) in [6.45, 7) is 0. The van der Waals surface area contributed by atoms with Crippen LogP contribution in [0.1, 0.15) is 0 Å². The van der Waals surface area contributed by atoms with Crippen molar-refractivity contribution in [3.63, 3.8) is 0 Å². The van der Waals surface area contributed by atoms with E-state index in [9.17, 15) is 0 Å². The zero-order valence-electron chi connectivity index (χ0n) is 33.1. The van der Waals surface area contributed by atoms with Crippen molar-refractivity contribution in [3.8, 4) is 61.7 Å². The van der Waals surface area contributed by atoms with E-state index < -0.39 is 0 Å². The minimum atomic E-state index is 0.836. The van der Waals surface area contributed by atoms with Crippen LogP contribution in [0.5, 0.6) is 0 Å². The van der Waals surface area contributed by atoms with Crippen molar-refractivity contribution in [2.24, 2.45) is 0 Å². The third-order valence-electron chi connectivity index (χ3n) is 12.0. The molecule has 0 spiro atoms. The first-order valence-corrected chi connectivity index (χ1v) is 20.7. The summed E-state index contributed by atoms with van der Waals surface area (Å²) in [6, 6.07) is 75.1. The lowest BCUT2D eigenvalue weighted by molar-refractivity contribution is 1.08. The monoisotopic (exact) mass is 776 g/mol. The standard InChI is InChI=1S/C57H36N4/c1-5-18-37(19-6-1)47-34-50-53(45-28-15-13-26-43(45)47)54-46-29-16-14-27-44(46)48(38-20-7-2-8-21-38)35-51(54)61(50)52-33-32-41(36-58-52)42-30-17-31-49-57(42)60-56(40-24-11-4-12-25-40)55(59-49)39-22-9-3-10-23-39/h1-36H. The number of pyridine rings is 1. The molecule has 0 atom stereocenters. The SMILES string of the molecule is c1ccc(-c2nc3cccc(-c4ccc(-n5c6cc(-c7ccccc7)c7ccccc7c6c6c7ccccc7c(-c7ccccc7)cc65)nc4)c3nc2-c2ccccc2)cc1. The number of fused-ring (bicyclic) bond motifs is 8. The van der Waals surface area contributed by atoms with Crippen LogP contribution >= 0.6 is 0 Å². The van der Waals surface area contributed by atoms with Gasteiger partial charge in [0.1, 0.15) is 5.82 Å². The Morgan fingerprint density at radius 2 is 0.787 bits per heavy atom. The fourth-order valence-corrected chi connectivity index (χ4v) is 9.27. The molecule has 0 radical (unpaired) electrons. The van der Waals surface area contributed by atoms with E-state index >= 15 is 0 Å². The second kappa shape index (κ2) is 14.3. The molecule has 4 nitrogen and oxygen atoms in total. The van der Waals surface area contributed by atoms with Crippen molar-refractivity contribution >= 4 is 54.4 Å². The van der Waals surface area contributed by atoms with E-state index in [0.29, 0.717) is 0 Å². The average molecular weight is 777 g/mol. The van der Waals surface area contributed by atoms with E-state index in [1.165, 1.54) is 54.6 Å². The van der Waals surface area contributed by atoms with Gasteiger partial charge in [0.25, 0.3) is 0 Å². The molecule has 61 heavy (non-hydrogen) atoms. The number of nitrogens with zero attached hydrogens (tertiary/aromatic N) is 4. The van der Waals surface area contributed by atoms with Gasteiger partial charge in [-0.1, -0.05) is 182 Å². The normalized spacial score (nSPS) is 11.6. The number of benzene rings is 9. The molecule has 0 aliphatic carbocycles.